The summed E-state index contributed by atoms with van der Waals surface area (Å²) in [5.41, 5.74) is 0.310. The van der Waals surface area contributed by atoms with Gasteiger partial charge in [-0.3, -0.25) is 9.52 Å². The Bertz CT molecular complexity index is 1090. The van der Waals surface area contributed by atoms with Gasteiger partial charge in [-0.15, -0.1) is 0 Å². The second-order valence-corrected chi connectivity index (χ2v) is 10.3. The van der Waals surface area contributed by atoms with Crippen LogP contribution in [0.15, 0.2) is 47.4 Å². The average Bonchev–Trinajstić information content (AvgIpc) is 2.76. The number of carbonyl (C=O) groups excluding carboxylic acids is 1. The Kier molecular flexibility index (Phi) is 7.61. The quantitative estimate of drug-likeness (QED) is 0.633. The zero-order valence-corrected chi connectivity index (χ0v) is 20.0. The number of aliphatic hydroxyl groups is 1. The molecular formula is C23H30FN3O5S. The summed E-state index contributed by atoms with van der Waals surface area (Å²) in [4.78, 5) is 16.8. The molecule has 2 N–H and O–H groups in total. The largest absolute Gasteiger partial charge is 0.486 e. The zero-order valence-electron chi connectivity index (χ0n) is 19.2. The summed E-state index contributed by atoms with van der Waals surface area (Å²) in [5, 5.41) is 9.71. The Morgan fingerprint density at radius 3 is 2.52 bits per heavy atom. The fourth-order valence-electron chi connectivity index (χ4n) is 3.72. The number of hydrogen-bond donors (Lipinski definition) is 2. The fourth-order valence-corrected chi connectivity index (χ4v) is 4.78. The molecule has 0 bridgehead atoms. The molecule has 0 radical (unpaired) electrons. The Morgan fingerprint density at radius 1 is 1.24 bits per heavy atom. The molecule has 0 spiro atoms. The Hall–Kier alpha value is -2.69. The normalized spacial score (nSPS) is 20.0. The van der Waals surface area contributed by atoms with E-state index in [0.29, 0.717) is 13.1 Å². The van der Waals surface area contributed by atoms with Gasteiger partial charge in [0.2, 0.25) is 0 Å². The van der Waals surface area contributed by atoms with E-state index in [1.165, 1.54) is 6.07 Å². The summed E-state index contributed by atoms with van der Waals surface area (Å²) in [5.74, 6) is -0.877. The van der Waals surface area contributed by atoms with Crippen molar-refractivity contribution in [3.05, 3.63) is 53.8 Å². The van der Waals surface area contributed by atoms with Crippen molar-refractivity contribution >= 4 is 21.6 Å². The lowest BCUT2D eigenvalue weighted by Crippen LogP contribution is -2.49. The van der Waals surface area contributed by atoms with Gasteiger partial charge >= 0.3 is 0 Å². The summed E-state index contributed by atoms with van der Waals surface area (Å²) in [6.07, 6.45) is -0.350. The number of para-hydroxylation sites is 1. The summed E-state index contributed by atoms with van der Waals surface area (Å²) in [6, 6.07) is 8.69. The first-order valence-electron chi connectivity index (χ1n) is 10.7. The van der Waals surface area contributed by atoms with Crippen molar-refractivity contribution in [3.63, 3.8) is 0 Å². The number of carbonyl (C=O) groups is 1. The van der Waals surface area contributed by atoms with Crippen LogP contribution in [-0.4, -0.2) is 75.2 Å². The van der Waals surface area contributed by atoms with Crippen molar-refractivity contribution in [2.75, 3.05) is 38.5 Å². The molecule has 3 rings (SSSR count). The number of aliphatic hydroxyl groups excluding tert-OH is 1. The maximum atomic E-state index is 13.4. The minimum Gasteiger partial charge on any atom is -0.486 e. The molecule has 0 aromatic heterocycles. The molecule has 0 aliphatic carbocycles. The highest BCUT2D eigenvalue weighted by Gasteiger charge is 2.34. The molecule has 3 atom stereocenters. The summed E-state index contributed by atoms with van der Waals surface area (Å²) < 4.78 is 47.9. The number of nitrogens with zero attached hydrogens (tertiary/aromatic N) is 2. The molecule has 1 aliphatic heterocycles. The van der Waals surface area contributed by atoms with E-state index >= 15 is 0 Å². The van der Waals surface area contributed by atoms with Crippen molar-refractivity contribution in [1.82, 2.24) is 9.80 Å². The van der Waals surface area contributed by atoms with Crippen LogP contribution in [0, 0.1) is 11.7 Å². The van der Waals surface area contributed by atoms with E-state index in [4.69, 9.17) is 4.74 Å². The van der Waals surface area contributed by atoms with Gasteiger partial charge in [-0.05, 0) is 57.4 Å². The molecule has 0 saturated heterocycles. The molecule has 1 heterocycles. The van der Waals surface area contributed by atoms with Crippen LogP contribution in [0.1, 0.15) is 24.2 Å². The Balaban J connectivity index is 2.09. The van der Waals surface area contributed by atoms with Crippen LogP contribution in [0.2, 0.25) is 0 Å². The summed E-state index contributed by atoms with van der Waals surface area (Å²) in [6.45, 7) is 4.42. The highest BCUT2D eigenvalue weighted by atomic mass is 32.2. The number of rotatable bonds is 7. The lowest BCUT2D eigenvalue weighted by atomic mass is 9.99. The molecular weight excluding hydrogens is 449 g/mol. The van der Waals surface area contributed by atoms with E-state index in [1.807, 2.05) is 25.9 Å². The molecule has 0 fully saturated rings. The van der Waals surface area contributed by atoms with E-state index in [1.54, 1.807) is 24.0 Å². The first kappa shape index (κ1) is 24.9. The van der Waals surface area contributed by atoms with Gasteiger partial charge in [-0.2, -0.15) is 0 Å². The van der Waals surface area contributed by atoms with Crippen LogP contribution in [-0.2, 0) is 10.0 Å². The van der Waals surface area contributed by atoms with Gasteiger partial charge in [0.15, 0.2) is 5.75 Å². The Morgan fingerprint density at radius 2 is 1.91 bits per heavy atom. The van der Waals surface area contributed by atoms with Crippen LogP contribution in [0.4, 0.5) is 10.1 Å². The third kappa shape index (κ3) is 5.63. The molecule has 1 amide bonds. The molecule has 2 aromatic rings. The second kappa shape index (κ2) is 10.1. The average molecular weight is 480 g/mol. The second-order valence-electron chi connectivity index (χ2n) is 8.63. The number of benzene rings is 2. The molecule has 0 saturated carbocycles. The van der Waals surface area contributed by atoms with Crippen LogP contribution in [0.3, 0.4) is 0 Å². The summed E-state index contributed by atoms with van der Waals surface area (Å²) in [7, 11) is -0.261. The minimum absolute atomic E-state index is 0.0970. The van der Waals surface area contributed by atoms with Gasteiger partial charge in [-0.1, -0.05) is 13.0 Å². The Labute approximate surface area is 194 Å². The first-order valence-corrected chi connectivity index (χ1v) is 12.2. The molecule has 33 heavy (non-hydrogen) atoms. The SMILES string of the molecule is C[C@@H]1CN([C@@H](C)CO)C(=O)c2cccc(NS(=O)(=O)c3ccc(F)cc3)c2O[C@@H]1CN(C)C. The number of likely N-dealkylation sites (N-methyl/N-ethyl adjacent to an activating group) is 1. The third-order valence-electron chi connectivity index (χ3n) is 5.60. The highest BCUT2D eigenvalue weighted by Crippen LogP contribution is 2.36. The predicted molar refractivity (Wildman–Crippen MR) is 123 cm³/mol. The first-order chi connectivity index (χ1) is 15.5. The van der Waals surface area contributed by atoms with Gasteiger partial charge in [0, 0.05) is 19.0 Å². The monoisotopic (exact) mass is 479 g/mol. The van der Waals surface area contributed by atoms with Gasteiger partial charge in [-0.25, -0.2) is 12.8 Å². The van der Waals surface area contributed by atoms with Gasteiger partial charge in [0.1, 0.15) is 11.9 Å². The van der Waals surface area contributed by atoms with Crippen molar-refractivity contribution in [3.8, 4) is 5.75 Å². The third-order valence-corrected chi connectivity index (χ3v) is 6.99. The minimum atomic E-state index is -4.06. The highest BCUT2D eigenvalue weighted by molar-refractivity contribution is 7.92. The smallest absolute Gasteiger partial charge is 0.262 e. The molecule has 10 heteroatoms. The predicted octanol–water partition coefficient (Wildman–Crippen LogP) is 2.41. The van der Waals surface area contributed by atoms with Crippen LogP contribution >= 0.6 is 0 Å². The van der Waals surface area contributed by atoms with Crippen LogP contribution in [0.5, 0.6) is 5.75 Å². The standard InChI is InChI=1S/C23H30FN3O5S/c1-15-12-27(16(2)14-28)23(29)19-6-5-7-20(22(19)32-21(15)13-26(3)4)25-33(30,31)18-10-8-17(24)9-11-18/h5-11,15-16,21,25,28H,12-14H2,1-4H3/t15-,16+,21-/m1/s1. The van der Waals surface area contributed by atoms with Crippen LogP contribution in [0.25, 0.3) is 0 Å². The van der Waals surface area contributed by atoms with Crippen molar-refractivity contribution in [1.29, 1.82) is 0 Å². The van der Waals surface area contributed by atoms with Crippen molar-refractivity contribution in [2.45, 2.75) is 30.9 Å². The number of ether oxygens (including phenoxy) is 1. The lowest BCUT2D eigenvalue weighted by Gasteiger charge is -2.38. The maximum Gasteiger partial charge on any atom is 0.262 e. The molecule has 180 valence electrons. The van der Waals surface area contributed by atoms with Gasteiger partial charge < -0.3 is 19.6 Å². The van der Waals surface area contributed by atoms with E-state index in [9.17, 15) is 22.7 Å². The van der Waals surface area contributed by atoms with Crippen molar-refractivity contribution < 1.29 is 27.4 Å². The maximum absolute atomic E-state index is 13.4. The van der Waals surface area contributed by atoms with Gasteiger partial charge in [0.25, 0.3) is 15.9 Å². The lowest BCUT2D eigenvalue weighted by molar-refractivity contribution is 0.0366. The topological polar surface area (TPSA) is 99.2 Å². The number of anilines is 1. The molecule has 8 nitrogen and oxygen atoms in total. The van der Waals surface area contributed by atoms with Gasteiger partial charge in [0.05, 0.1) is 28.8 Å². The zero-order chi connectivity index (χ0) is 24.3. The number of nitrogens with one attached hydrogen (secondary N) is 1. The number of amides is 1. The van der Waals surface area contributed by atoms with E-state index in [2.05, 4.69) is 4.72 Å². The fraction of sp³-hybridized carbons (Fsp3) is 0.435. The number of halogens is 1. The molecule has 1 aliphatic rings. The molecule has 2 aromatic carbocycles. The van der Waals surface area contributed by atoms with Crippen LogP contribution < -0.4 is 9.46 Å². The molecule has 0 unspecified atom stereocenters. The number of fused-ring (bicyclic) bond motifs is 1. The van der Waals surface area contributed by atoms with E-state index in [-0.39, 0.29) is 46.4 Å². The van der Waals surface area contributed by atoms with E-state index < -0.39 is 21.9 Å². The number of sulfonamides is 1. The summed E-state index contributed by atoms with van der Waals surface area (Å²) >= 11 is 0. The number of hydrogen-bond acceptors (Lipinski definition) is 6. The van der Waals surface area contributed by atoms with E-state index in [0.717, 1.165) is 24.3 Å². The van der Waals surface area contributed by atoms with Crippen molar-refractivity contribution in [2.24, 2.45) is 5.92 Å².